The van der Waals surface area contributed by atoms with E-state index < -0.39 is 18.2 Å². The molecule has 10 heteroatoms. The zero-order valence-corrected chi connectivity index (χ0v) is 31.4. The number of aromatic hydroxyl groups is 1. The monoisotopic (exact) mass is 739 g/mol. The maximum atomic E-state index is 13.4. The van der Waals surface area contributed by atoms with Crippen molar-refractivity contribution in [2.45, 2.75) is 51.3 Å². The van der Waals surface area contributed by atoms with Gasteiger partial charge in [0.1, 0.15) is 11.8 Å². The van der Waals surface area contributed by atoms with Crippen LogP contribution in [0.4, 0.5) is 11.4 Å². The Balaban J connectivity index is 0.859. The average molecular weight is 740 g/mol. The van der Waals surface area contributed by atoms with E-state index in [1.807, 2.05) is 30.3 Å². The molecular formula is C45H49N5O5. The summed E-state index contributed by atoms with van der Waals surface area (Å²) in [7, 11) is 0. The first kappa shape index (κ1) is 36.5. The first-order valence-electron chi connectivity index (χ1n) is 19.7. The Labute approximate surface area is 322 Å². The van der Waals surface area contributed by atoms with Crippen LogP contribution in [0.3, 0.4) is 0 Å². The molecule has 2 unspecified atom stereocenters. The molecule has 0 aliphatic carbocycles. The maximum Gasteiger partial charge on any atom is 0.257 e. The summed E-state index contributed by atoms with van der Waals surface area (Å²) in [6, 6.07) is 31.8. The van der Waals surface area contributed by atoms with Crippen LogP contribution >= 0.6 is 0 Å². The highest BCUT2D eigenvalue weighted by Crippen LogP contribution is 2.38. The third-order valence-electron chi connectivity index (χ3n) is 11.9. The van der Waals surface area contributed by atoms with E-state index in [0.717, 1.165) is 76.3 Å². The summed E-state index contributed by atoms with van der Waals surface area (Å²) in [5.74, 6) is -0.355. The molecule has 3 fully saturated rings. The molecule has 4 heterocycles. The number of carbonyl (C=O) groups excluding carboxylic acids is 3. The van der Waals surface area contributed by atoms with Crippen molar-refractivity contribution in [1.29, 1.82) is 0 Å². The van der Waals surface area contributed by atoms with Gasteiger partial charge in [-0.2, -0.15) is 0 Å². The zero-order valence-electron chi connectivity index (χ0n) is 31.4. The second-order valence-electron chi connectivity index (χ2n) is 15.2. The number of phenols is 1. The number of imide groups is 1. The molecule has 0 spiro atoms. The standard InChI is InChI=1S/C45H49N5O5/c1-2-37(31-6-4-3-5-7-31)42(33-10-15-36(51)16-11-33)32-8-12-34(13-9-32)48-22-20-30(21-23-48)29-47-24-26-49(27-25-47)35-14-17-38-39(28-35)45(55)50(44(38)54)40-18-19-41(52)46-43(40)53/h3-17,28,30,40,44,51,54H,2,18-27,29H2,1H3,(H,46,52,53)/b42-37+. The van der Waals surface area contributed by atoms with E-state index >= 15 is 0 Å². The van der Waals surface area contributed by atoms with Crippen LogP contribution in [0.2, 0.25) is 0 Å². The number of hydrogen-bond acceptors (Lipinski definition) is 8. The highest BCUT2D eigenvalue weighted by Gasteiger charge is 2.44. The minimum Gasteiger partial charge on any atom is -0.508 e. The summed E-state index contributed by atoms with van der Waals surface area (Å²) in [4.78, 5) is 46.1. The van der Waals surface area contributed by atoms with Gasteiger partial charge in [-0.1, -0.05) is 67.6 Å². The van der Waals surface area contributed by atoms with Crippen molar-refractivity contribution in [3.8, 4) is 5.75 Å². The number of phenolic OH excluding ortho intramolecular Hbond substituents is 1. The highest BCUT2D eigenvalue weighted by atomic mass is 16.3. The van der Waals surface area contributed by atoms with Gasteiger partial charge in [-0.05, 0) is 95.8 Å². The van der Waals surface area contributed by atoms with Crippen molar-refractivity contribution in [2.75, 3.05) is 55.6 Å². The summed E-state index contributed by atoms with van der Waals surface area (Å²) in [6.07, 6.45) is 2.32. The number of hydrogen-bond donors (Lipinski definition) is 3. The summed E-state index contributed by atoms with van der Waals surface area (Å²) in [5, 5.41) is 23.3. The normalized spacial score (nSPS) is 21.4. The van der Waals surface area contributed by atoms with Gasteiger partial charge in [-0.25, -0.2) is 0 Å². The van der Waals surface area contributed by atoms with Crippen molar-refractivity contribution in [2.24, 2.45) is 5.92 Å². The minimum absolute atomic E-state index is 0.143. The molecule has 284 valence electrons. The number of allylic oxidation sites excluding steroid dienone is 1. The molecule has 4 aliphatic rings. The molecule has 55 heavy (non-hydrogen) atoms. The predicted molar refractivity (Wildman–Crippen MR) is 215 cm³/mol. The van der Waals surface area contributed by atoms with Crippen LogP contribution in [0.15, 0.2) is 97.1 Å². The second kappa shape index (κ2) is 15.7. The van der Waals surface area contributed by atoms with Crippen molar-refractivity contribution in [3.63, 3.8) is 0 Å². The number of piperazine rings is 1. The molecule has 2 atom stereocenters. The number of rotatable bonds is 9. The van der Waals surface area contributed by atoms with Crippen molar-refractivity contribution >= 4 is 40.2 Å². The van der Waals surface area contributed by atoms with E-state index in [-0.39, 0.29) is 30.4 Å². The third-order valence-corrected chi connectivity index (χ3v) is 11.9. The molecule has 3 N–H and O–H groups in total. The van der Waals surface area contributed by atoms with Gasteiger partial charge in [0, 0.05) is 74.7 Å². The average Bonchev–Trinajstić information content (AvgIpc) is 3.46. The first-order chi connectivity index (χ1) is 26.8. The Morgan fingerprint density at radius 3 is 2.02 bits per heavy atom. The van der Waals surface area contributed by atoms with E-state index in [1.165, 1.54) is 32.9 Å². The van der Waals surface area contributed by atoms with E-state index in [1.54, 1.807) is 18.2 Å². The SMILES string of the molecule is CC/C(=C(\c1ccc(O)cc1)c1ccc(N2CCC(CN3CCN(c4ccc5c(c4)C(=O)N(C4CCC(=O)NC4=O)C5O)CC3)CC2)cc1)c1ccccc1. The number of nitrogens with one attached hydrogen (secondary N) is 1. The van der Waals surface area contributed by atoms with Gasteiger partial charge in [0.25, 0.3) is 5.91 Å². The van der Waals surface area contributed by atoms with Gasteiger partial charge in [-0.3, -0.25) is 29.5 Å². The largest absolute Gasteiger partial charge is 0.508 e. The number of benzene rings is 4. The molecule has 4 aliphatic heterocycles. The summed E-state index contributed by atoms with van der Waals surface area (Å²) in [5.41, 5.74) is 9.06. The molecule has 8 rings (SSSR count). The first-order valence-corrected chi connectivity index (χ1v) is 19.7. The Bertz CT molecular complexity index is 2070. The topological polar surface area (TPSA) is 117 Å². The maximum absolute atomic E-state index is 13.4. The van der Waals surface area contributed by atoms with E-state index in [2.05, 4.69) is 75.5 Å². The fraction of sp³-hybridized carbons (Fsp3) is 0.356. The fourth-order valence-corrected chi connectivity index (χ4v) is 8.89. The summed E-state index contributed by atoms with van der Waals surface area (Å²) < 4.78 is 0. The van der Waals surface area contributed by atoms with Gasteiger partial charge in [0.15, 0.2) is 6.23 Å². The van der Waals surface area contributed by atoms with Gasteiger partial charge >= 0.3 is 0 Å². The molecule has 0 bridgehead atoms. The van der Waals surface area contributed by atoms with Crippen molar-refractivity contribution in [3.05, 3.63) is 125 Å². The van der Waals surface area contributed by atoms with Crippen LogP contribution in [-0.4, -0.2) is 89.6 Å². The molecule has 0 radical (unpaired) electrons. The van der Waals surface area contributed by atoms with Crippen LogP contribution in [0, 0.1) is 5.92 Å². The van der Waals surface area contributed by atoms with E-state index in [0.29, 0.717) is 17.0 Å². The smallest absolute Gasteiger partial charge is 0.257 e. The summed E-state index contributed by atoms with van der Waals surface area (Å²) >= 11 is 0. The van der Waals surface area contributed by atoms with Crippen molar-refractivity contribution < 1.29 is 24.6 Å². The predicted octanol–water partition coefficient (Wildman–Crippen LogP) is 6.05. The lowest BCUT2D eigenvalue weighted by atomic mass is 9.88. The van der Waals surface area contributed by atoms with Crippen LogP contribution in [0.1, 0.15) is 77.9 Å². The number of fused-ring (bicyclic) bond motifs is 1. The molecular weight excluding hydrogens is 691 g/mol. The molecule has 10 nitrogen and oxygen atoms in total. The van der Waals surface area contributed by atoms with Gasteiger partial charge < -0.3 is 20.0 Å². The van der Waals surface area contributed by atoms with E-state index in [9.17, 15) is 24.6 Å². The Hall–Kier alpha value is -5.45. The Kier molecular flexibility index (Phi) is 10.4. The lowest BCUT2D eigenvalue weighted by molar-refractivity contribution is -0.139. The molecule has 3 saturated heterocycles. The number of aliphatic hydroxyl groups is 1. The van der Waals surface area contributed by atoms with Crippen molar-refractivity contribution in [1.82, 2.24) is 15.1 Å². The second-order valence-corrected chi connectivity index (χ2v) is 15.2. The Morgan fingerprint density at radius 2 is 1.36 bits per heavy atom. The van der Waals surface area contributed by atoms with Crippen LogP contribution in [0.5, 0.6) is 5.75 Å². The van der Waals surface area contributed by atoms with Gasteiger partial charge in [0.2, 0.25) is 11.8 Å². The number of aliphatic hydroxyl groups excluding tert-OH is 1. The number of anilines is 2. The molecule has 4 aromatic rings. The van der Waals surface area contributed by atoms with Crippen LogP contribution < -0.4 is 15.1 Å². The number of amides is 3. The highest BCUT2D eigenvalue weighted by molar-refractivity contribution is 6.06. The Morgan fingerprint density at radius 1 is 0.727 bits per heavy atom. The number of piperidine rings is 2. The zero-order chi connectivity index (χ0) is 38.1. The van der Waals surface area contributed by atoms with Crippen LogP contribution in [-0.2, 0) is 9.59 Å². The van der Waals surface area contributed by atoms with Gasteiger partial charge in [0.05, 0.1) is 0 Å². The lowest BCUT2D eigenvalue weighted by Gasteiger charge is -2.40. The van der Waals surface area contributed by atoms with Crippen LogP contribution in [0.25, 0.3) is 11.1 Å². The summed E-state index contributed by atoms with van der Waals surface area (Å²) in [6.45, 7) is 8.92. The third kappa shape index (κ3) is 7.49. The minimum atomic E-state index is -1.20. The molecule has 3 amide bonds. The number of nitrogens with zero attached hydrogens (tertiary/aromatic N) is 4. The number of carbonyl (C=O) groups is 3. The lowest BCUT2D eigenvalue weighted by Crippen LogP contribution is -2.53. The van der Waals surface area contributed by atoms with Gasteiger partial charge in [-0.15, -0.1) is 0 Å². The quantitative estimate of drug-likeness (QED) is 0.140. The molecule has 0 saturated carbocycles. The fourth-order valence-electron chi connectivity index (χ4n) is 8.89. The van der Waals surface area contributed by atoms with E-state index in [4.69, 9.17) is 0 Å². The molecule has 0 aromatic heterocycles. The molecule has 4 aromatic carbocycles.